The molecule has 1 heterocycles. The lowest BCUT2D eigenvalue weighted by atomic mass is 10.2. The SMILES string of the molecule is CCc1nnc(SC)n1/N=C\c1ccc(OC(=O)c2ccccc2)cc1. The molecule has 0 aliphatic rings. The van der Waals surface area contributed by atoms with Crippen LogP contribution in [0.3, 0.4) is 0 Å². The van der Waals surface area contributed by atoms with Crippen LogP contribution in [0, 0.1) is 0 Å². The molecule has 0 saturated carbocycles. The highest BCUT2D eigenvalue weighted by Crippen LogP contribution is 2.15. The van der Waals surface area contributed by atoms with E-state index in [2.05, 4.69) is 15.3 Å². The minimum atomic E-state index is -0.381. The lowest BCUT2D eigenvalue weighted by Crippen LogP contribution is -2.08. The van der Waals surface area contributed by atoms with E-state index in [1.165, 1.54) is 11.8 Å². The first-order chi connectivity index (χ1) is 12.7. The van der Waals surface area contributed by atoms with Gasteiger partial charge in [-0.1, -0.05) is 36.9 Å². The molecular formula is C19H18N4O2S. The Morgan fingerprint density at radius 1 is 1.15 bits per heavy atom. The summed E-state index contributed by atoms with van der Waals surface area (Å²) in [5.74, 6) is 0.909. The maximum absolute atomic E-state index is 12.1. The molecule has 1 aromatic heterocycles. The first-order valence-electron chi connectivity index (χ1n) is 8.11. The van der Waals surface area contributed by atoms with E-state index in [0.717, 1.165) is 23.0 Å². The van der Waals surface area contributed by atoms with Crippen LogP contribution < -0.4 is 4.74 Å². The topological polar surface area (TPSA) is 69.4 Å². The monoisotopic (exact) mass is 366 g/mol. The van der Waals surface area contributed by atoms with Crippen LogP contribution in [0.25, 0.3) is 0 Å². The Morgan fingerprint density at radius 2 is 1.88 bits per heavy atom. The van der Waals surface area contributed by atoms with Gasteiger partial charge in [-0.15, -0.1) is 10.2 Å². The van der Waals surface area contributed by atoms with Crippen molar-refractivity contribution in [3.05, 3.63) is 71.5 Å². The van der Waals surface area contributed by atoms with Gasteiger partial charge in [-0.25, -0.2) is 4.79 Å². The van der Waals surface area contributed by atoms with Gasteiger partial charge < -0.3 is 4.74 Å². The maximum Gasteiger partial charge on any atom is 0.343 e. The van der Waals surface area contributed by atoms with Crippen LogP contribution in [0.5, 0.6) is 5.75 Å². The largest absolute Gasteiger partial charge is 0.423 e. The minimum Gasteiger partial charge on any atom is -0.423 e. The molecule has 0 spiro atoms. The van der Waals surface area contributed by atoms with Crippen molar-refractivity contribution in [1.29, 1.82) is 0 Å². The fourth-order valence-electron chi connectivity index (χ4n) is 2.25. The van der Waals surface area contributed by atoms with E-state index in [1.54, 1.807) is 47.3 Å². The number of carbonyl (C=O) groups is 1. The molecule has 0 saturated heterocycles. The molecule has 0 N–H and O–H groups in total. The molecule has 0 atom stereocenters. The highest BCUT2D eigenvalue weighted by molar-refractivity contribution is 7.98. The zero-order chi connectivity index (χ0) is 18.4. The number of nitrogens with zero attached hydrogens (tertiary/aromatic N) is 4. The van der Waals surface area contributed by atoms with Gasteiger partial charge in [-0.3, -0.25) is 0 Å². The van der Waals surface area contributed by atoms with Crippen molar-refractivity contribution in [3.63, 3.8) is 0 Å². The molecule has 0 unspecified atom stereocenters. The number of rotatable bonds is 6. The van der Waals surface area contributed by atoms with Gasteiger partial charge in [0.25, 0.3) is 0 Å². The van der Waals surface area contributed by atoms with Crippen LogP contribution in [0.4, 0.5) is 0 Å². The summed E-state index contributed by atoms with van der Waals surface area (Å²) < 4.78 is 7.10. The van der Waals surface area contributed by atoms with E-state index < -0.39 is 0 Å². The number of carbonyl (C=O) groups excluding carboxylic acids is 1. The molecule has 0 aliphatic heterocycles. The third-order valence-corrected chi connectivity index (χ3v) is 4.22. The number of benzene rings is 2. The molecule has 2 aromatic carbocycles. The van der Waals surface area contributed by atoms with Gasteiger partial charge in [0.1, 0.15) is 5.75 Å². The van der Waals surface area contributed by atoms with Crippen LogP contribution in [-0.4, -0.2) is 33.3 Å². The molecule has 3 rings (SSSR count). The van der Waals surface area contributed by atoms with E-state index in [1.807, 2.05) is 31.4 Å². The summed E-state index contributed by atoms with van der Waals surface area (Å²) >= 11 is 1.49. The lowest BCUT2D eigenvalue weighted by molar-refractivity contribution is 0.0735. The fourth-order valence-corrected chi connectivity index (χ4v) is 2.69. The quantitative estimate of drug-likeness (QED) is 0.288. The molecule has 0 bridgehead atoms. The van der Waals surface area contributed by atoms with Gasteiger partial charge in [-0.2, -0.15) is 9.78 Å². The summed E-state index contributed by atoms with van der Waals surface area (Å²) in [6.45, 7) is 2.01. The molecule has 0 amide bonds. The van der Waals surface area contributed by atoms with Gasteiger partial charge in [-0.05, 0) is 48.2 Å². The Morgan fingerprint density at radius 3 is 2.54 bits per heavy atom. The third-order valence-electron chi connectivity index (χ3n) is 3.60. The van der Waals surface area contributed by atoms with Gasteiger partial charge >= 0.3 is 5.97 Å². The summed E-state index contributed by atoms with van der Waals surface area (Å²) in [6.07, 6.45) is 4.41. The van der Waals surface area contributed by atoms with E-state index in [9.17, 15) is 4.79 Å². The second kappa shape index (κ2) is 8.44. The van der Waals surface area contributed by atoms with E-state index in [0.29, 0.717) is 11.3 Å². The molecule has 3 aromatic rings. The lowest BCUT2D eigenvalue weighted by Gasteiger charge is -2.04. The van der Waals surface area contributed by atoms with Crippen molar-refractivity contribution in [3.8, 4) is 5.75 Å². The predicted molar refractivity (Wildman–Crippen MR) is 102 cm³/mol. The summed E-state index contributed by atoms with van der Waals surface area (Å²) in [7, 11) is 0. The van der Waals surface area contributed by atoms with Gasteiger partial charge in [0.05, 0.1) is 11.8 Å². The van der Waals surface area contributed by atoms with Crippen molar-refractivity contribution in [2.45, 2.75) is 18.5 Å². The number of aryl methyl sites for hydroxylation is 1. The first-order valence-corrected chi connectivity index (χ1v) is 9.33. The Labute approximate surface area is 155 Å². The number of aromatic nitrogens is 3. The fraction of sp³-hybridized carbons (Fsp3) is 0.158. The zero-order valence-electron chi connectivity index (χ0n) is 14.5. The predicted octanol–water partition coefficient (Wildman–Crippen LogP) is 3.66. The number of thioether (sulfide) groups is 1. The van der Waals surface area contributed by atoms with Crippen molar-refractivity contribution in [2.24, 2.45) is 5.10 Å². The van der Waals surface area contributed by atoms with Crippen LogP contribution >= 0.6 is 11.8 Å². The summed E-state index contributed by atoms with van der Waals surface area (Å²) in [5, 5.41) is 13.4. The van der Waals surface area contributed by atoms with Gasteiger partial charge in [0.15, 0.2) is 5.82 Å². The second-order valence-corrected chi connectivity index (χ2v) is 6.11. The number of ether oxygens (including phenoxy) is 1. The van der Waals surface area contributed by atoms with Crippen molar-refractivity contribution in [1.82, 2.24) is 14.9 Å². The van der Waals surface area contributed by atoms with Crippen molar-refractivity contribution in [2.75, 3.05) is 6.26 Å². The first kappa shape index (κ1) is 17.9. The van der Waals surface area contributed by atoms with Gasteiger partial charge in [0, 0.05) is 6.42 Å². The van der Waals surface area contributed by atoms with E-state index >= 15 is 0 Å². The van der Waals surface area contributed by atoms with E-state index in [-0.39, 0.29) is 5.97 Å². The average Bonchev–Trinajstić information content (AvgIpc) is 3.10. The Kier molecular flexibility index (Phi) is 5.80. The molecule has 0 radical (unpaired) electrons. The molecule has 7 heteroatoms. The Bertz CT molecular complexity index is 884. The molecule has 0 aliphatic carbocycles. The zero-order valence-corrected chi connectivity index (χ0v) is 15.3. The standard InChI is InChI=1S/C19H18N4O2S/c1-3-17-21-22-19(26-2)23(17)20-13-14-9-11-16(12-10-14)25-18(24)15-7-5-4-6-8-15/h4-13H,3H2,1-2H3/b20-13-. The average molecular weight is 366 g/mol. The highest BCUT2D eigenvalue weighted by atomic mass is 32.2. The highest BCUT2D eigenvalue weighted by Gasteiger charge is 2.09. The van der Waals surface area contributed by atoms with Crippen molar-refractivity contribution >= 4 is 23.9 Å². The van der Waals surface area contributed by atoms with Crippen molar-refractivity contribution < 1.29 is 9.53 Å². The van der Waals surface area contributed by atoms with E-state index in [4.69, 9.17) is 4.74 Å². The van der Waals surface area contributed by atoms with Crippen LogP contribution in [-0.2, 0) is 6.42 Å². The smallest absolute Gasteiger partial charge is 0.343 e. The second-order valence-electron chi connectivity index (χ2n) is 5.34. The van der Waals surface area contributed by atoms with Crippen LogP contribution in [0.2, 0.25) is 0 Å². The van der Waals surface area contributed by atoms with Crippen LogP contribution in [0.15, 0.2) is 64.9 Å². The third kappa shape index (κ3) is 4.18. The van der Waals surface area contributed by atoms with Crippen LogP contribution in [0.1, 0.15) is 28.7 Å². The summed E-state index contributed by atoms with van der Waals surface area (Å²) in [6, 6.07) is 16.1. The molecule has 132 valence electrons. The maximum atomic E-state index is 12.1. The normalized spacial score (nSPS) is 11.0. The Hall–Kier alpha value is -2.93. The Balaban J connectivity index is 1.70. The van der Waals surface area contributed by atoms with Gasteiger partial charge in [0.2, 0.25) is 5.16 Å². The number of esters is 1. The molecule has 6 nitrogen and oxygen atoms in total. The number of hydrogen-bond donors (Lipinski definition) is 0. The summed E-state index contributed by atoms with van der Waals surface area (Å²) in [5.41, 5.74) is 1.40. The minimum absolute atomic E-state index is 0.381. The summed E-state index contributed by atoms with van der Waals surface area (Å²) in [4.78, 5) is 12.1. The molecular weight excluding hydrogens is 348 g/mol. The molecule has 0 fully saturated rings. The number of hydrogen-bond acceptors (Lipinski definition) is 6. The molecule has 26 heavy (non-hydrogen) atoms.